The molecule has 1 aliphatic rings. The molecular weight excluding hydrogens is 275 g/mol. The van der Waals surface area contributed by atoms with Gasteiger partial charge in [-0.3, -0.25) is 0 Å². The highest BCUT2D eigenvalue weighted by Crippen LogP contribution is 2.24. The van der Waals surface area contributed by atoms with Crippen LogP contribution in [0.4, 0.5) is 13.2 Å². The maximum Gasteiger partial charge on any atom is 0.411 e. The van der Waals surface area contributed by atoms with Crippen molar-refractivity contribution in [3.8, 4) is 0 Å². The molecule has 0 aromatic heterocycles. The number of thioether (sulfide) groups is 1. The SMILES string of the molecule is CCSCCCNC1CCCC(OCC(F)(F)F)C1. The zero-order valence-corrected chi connectivity index (χ0v) is 12.3. The van der Waals surface area contributed by atoms with Gasteiger partial charge in [-0.25, -0.2) is 0 Å². The maximum absolute atomic E-state index is 12.1. The standard InChI is InChI=1S/C13H24F3NOS/c1-2-19-8-4-7-17-11-5-3-6-12(9-11)18-10-13(14,15)16/h11-12,17H,2-10H2,1H3. The van der Waals surface area contributed by atoms with Gasteiger partial charge in [-0.05, 0) is 50.2 Å². The number of alkyl halides is 3. The topological polar surface area (TPSA) is 21.3 Å². The number of halogens is 3. The van der Waals surface area contributed by atoms with Crippen molar-refractivity contribution < 1.29 is 17.9 Å². The maximum atomic E-state index is 12.1. The summed E-state index contributed by atoms with van der Waals surface area (Å²) in [6.07, 6.45) is 0.118. The van der Waals surface area contributed by atoms with E-state index in [1.807, 2.05) is 11.8 Å². The molecule has 0 spiro atoms. The Kier molecular flexibility index (Phi) is 8.18. The Morgan fingerprint density at radius 3 is 2.79 bits per heavy atom. The van der Waals surface area contributed by atoms with E-state index in [1.165, 1.54) is 0 Å². The molecule has 19 heavy (non-hydrogen) atoms. The molecule has 0 saturated heterocycles. The van der Waals surface area contributed by atoms with E-state index in [2.05, 4.69) is 12.2 Å². The summed E-state index contributed by atoms with van der Waals surface area (Å²) in [4.78, 5) is 0. The summed E-state index contributed by atoms with van der Waals surface area (Å²) in [6, 6.07) is 0.318. The van der Waals surface area contributed by atoms with Crippen molar-refractivity contribution in [1.29, 1.82) is 0 Å². The Morgan fingerprint density at radius 1 is 1.32 bits per heavy atom. The first-order chi connectivity index (χ1) is 9.01. The minimum absolute atomic E-state index is 0.238. The van der Waals surface area contributed by atoms with Crippen LogP contribution < -0.4 is 5.32 Å². The van der Waals surface area contributed by atoms with Gasteiger partial charge in [0.05, 0.1) is 6.10 Å². The van der Waals surface area contributed by atoms with E-state index in [4.69, 9.17) is 4.74 Å². The highest BCUT2D eigenvalue weighted by Gasteiger charge is 2.31. The van der Waals surface area contributed by atoms with E-state index >= 15 is 0 Å². The fraction of sp³-hybridized carbons (Fsp3) is 1.00. The molecule has 0 heterocycles. The highest BCUT2D eigenvalue weighted by atomic mass is 32.2. The van der Waals surface area contributed by atoms with E-state index < -0.39 is 12.8 Å². The molecule has 1 rings (SSSR count). The third-order valence-corrected chi connectivity index (χ3v) is 4.20. The van der Waals surface area contributed by atoms with Crippen molar-refractivity contribution in [2.45, 2.75) is 57.3 Å². The molecule has 0 aliphatic heterocycles. The van der Waals surface area contributed by atoms with Gasteiger partial charge in [-0.15, -0.1) is 0 Å². The van der Waals surface area contributed by atoms with E-state index in [9.17, 15) is 13.2 Å². The van der Waals surface area contributed by atoms with Gasteiger partial charge in [0.25, 0.3) is 0 Å². The van der Waals surface area contributed by atoms with E-state index in [-0.39, 0.29) is 6.10 Å². The predicted molar refractivity (Wildman–Crippen MR) is 73.7 cm³/mol. The second-order valence-electron chi connectivity index (χ2n) is 4.92. The monoisotopic (exact) mass is 299 g/mol. The van der Waals surface area contributed by atoms with Gasteiger partial charge in [-0.2, -0.15) is 24.9 Å². The first-order valence-electron chi connectivity index (χ1n) is 7.00. The molecule has 0 bridgehead atoms. The molecule has 1 fully saturated rings. The summed E-state index contributed by atoms with van der Waals surface area (Å²) in [6.45, 7) is 1.98. The number of hydrogen-bond donors (Lipinski definition) is 1. The Morgan fingerprint density at radius 2 is 2.11 bits per heavy atom. The Labute approximate surface area is 117 Å². The molecule has 2 unspecified atom stereocenters. The Balaban J connectivity index is 2.12. The summed E-state index contributed by atoms with van der Waals surface area (Å²) in [5.41, 5.74) is 0. The van der Waals surface area contributed by atoms with Gasteiger partial charge < -0.3 is 10.1 Å². The molecule has 0 radical (unpaired) electrons. The average molecular weight is 299 g/mol. The third kappa shape index (κ3) is 8.76. The smallest absolute Gasteiger partial charge is 0.369 e. The molecule has 0 amide bonds. The van der Waals surface area contributed by atoms with Crippen LogP contribution in [0.3, 0.4) is 0 Å². The molecule has 0 aromatic carbocycles. The van der Waals surface area contributed by atoms with E-state index in [0.29, 0.717) is 12.5 Å². The van der Waals surface area contributed by atoms with Crippen LogP contribution in [0.5, 0.6) is 0 Å². The quantitative estimate of drug-likeness (QED) is 0.692. The van der Waals surface area contributed by atoms with Crippen molar-refractivity contribution in [3.63, 3.8) is 0 Å². The lowest BCUT2D eigenvalue weighted by Gasteiger charge is -2.30. The molecular formula is C13H24F3NOS. The molecule has 2 nitrogen and oxygen atoms in total. The normalized spacial score (nSPS) is 24.6. The first-order valence-corrected chi connectivity index (χ1v) is 8.16. The van der Waals surface area contributed by atoms with Gasteiger partial charge in [0, 0.05) is 6.04 Å². The molecule has 1 aliphatic carbocycles. The van der Waals surface area contributed by atoms with Crippen LogP contribution in [-0.4, -0.2) is 43.0 Å². The summed E-state index contributed by atoms with van der Waals surface area (Å²) in [7, 11) is 0. The predicted octanol–water partition coefficient (Wildman–Crippen LogP) is 3.61. The minimum atomic E-state index is -4.21. The lowest BCUT2D eigenvalue weighted by molar-refractivity contribution is -0.188. The second kappa shape index (κ2) is 9.08. The lowest BCUT2D eigenvalue weighted by atomic mass is 9.93. The van der Waals surface area contributed by atoms with Crippen LogP contribution in [0.2, 0.25) is 0 Å². The van der Waals surface area contributed by atoms with Crippen LogP contribution in [0.1, 0.15) is 39.0 Å². The fourth-order valence-electron chi connectivity index (χ4n) is 2.32. The molecule has 114 valence electrons. The van der Waals surface area contributed by atoms with E-state index in [1.54, 1.807) is 0 Å². The minimum Gasteiger partial charge on any atom is -0.369 e. The van der Waals surface area contributed by atoms with Crippen molar-refractivity contribution in [3.05, 3.63) is 0 Å². The lowest BCUT2D eigenvalue weighted by Crippen LogP contribution is -2.38. The first kappa shape index (κ1) is 17.1. The van der Waals surface area contributed by atoms with E-state index in [0.717, 1.165) is 43.7 Å². The van der Waals surface area contributed by atoms with Crippen molar-refractivity contribution in [1.82, 2.24) is 5.32 Å². The Hall–Kier alpha value is 0.0600. The molecule has 2 atom stereocenters. The Bertz CT molecular complexity index is 238. The van der Waals surface area contributed by atoms with Crippen LogP contribution in [0.15, 0.2) is 0 Å². The third-order valence-electron chi connectivity index (χ3n) is 3.21. The van der Waals surface area contributed by atoms with Crippen molar-refractivity contribution in [2.24, 2.45) is 0 Å². The number of hydrogen-bond acceptors (Lipinski definition) is 3. The summed E-state index contributed by atoms with van der Waals surface area (Å²) in [5, 5.41) is 3.43. The fourth-order valence-corrected chi connectivity index (χ4v) is 2.96. The zero-order chi connectivity index (χ0) is 14.1. The van der Waals surface area contributed by atoms with Gasteiger partial charge in [0.1, 0.15) is 6.61 Å². The van der Waals surface area contributed by atoms with Crippen molar-refractivity contribution >= 4 is 11.8 Å². The van der Waals surface area contributed by atoms with Gasteiger partial charge in [-0.1, -0.05) is 6.92 Å². The molecule has 1 N–H and O–H groups in total. The van der Waals surface area contributed by atoms with Gasteiger partial charge in [0.2, 0.25) is 0 Å². The van der Waals surface area contributed by atoms with Gasteiger partial charge >= 0.3 is 6.18 Å². The molecule has 6 heteroatoms. The number of rotatable bonds is 8. The van der Waals surface area contributed by atoms with Crippen LogP contribution >= 0.6 is 11.8 Å². The summed E-state index contributed by atoms with van der Waals surface area (Å²) in [5.74, 6) is 2.28. The van der Waals surface area contributed by atoms with Gasteiger partial charge in [0.15, 0.2) is 0 Å². The number of ether oxygens (including phenoxy) is 1. The van der Waals surface area contributed by atoms with Crippen LogP contribution in [0.25, 0.3) is 0 Å². The second-order valence-corrected chi connectivity index (χ2v) is 6.31. The summed E-state index contributed by atoms with van der Waals surface area (Å²) < 4.78 is 41.2. The highest BCUT2D eigenvalue weighted by molar-refractivity contribution is 7.99. The number of nitrogens with one attached hydrogen (secondary N) is 1. The largest absolute Gasteiger partial charge is 0.411 e. The summed E-state index contributed by atoms with van der Waals surface area (Å²) >= 11 is 1.92. The zero-order valence-electron chi connectivity index (χ0n) is 11.5. The van der Waals surface area contributed by atoms with Crippen LogP contribution in [-0.2, 0) is 4.74 Å². The average Bonchev–Trinajstić information content (AvgIpc) is 2.36. The van der Waals surface area contributed by atoms with Crippen LogP contribution in [0, 0.1) is 0 Å². The van der Waals surface area contributed by atoms with Crippen molar-refractivity contribution in [2.75, 3.05) is 24.7 Å². The molecule has 0 aromatic rings. The molecule has 1 saturated carbocycles.